The van der Waals surface area contributed by atoms with Crippen LogP contribution in [0.25, 0.3) is 6.08 Å². The van der Waals surface area contributed by atoms with Crippen molar-refractivity contribution < 1.29 is 19.0 Å². The molecule has 0 unspecified atom stereocenters. The number of hydrogen-bond donors (Lipinski definition) is 1. The molecule has 1 fully saturated rings. The normalized spacial score (nSPS) is 14.4. The second-order valence-corrected chi connectivity index (χ2v) is 7.37. The number of amides is 1. The fraction of sp³-hybridized carbons (Fsp3) is 0.120. The first-order valence-electron chi connectivity index (χ1n) is 9.95. The fourth-order valence-corrected chi connectivity index (χ4v) is 3.65. The quantitative estimate of drug-likeness (QED) is 0.425. The Balaban J connectivity index is 1.55. The van der Waals surface area contributed by atoms with Gasteiger partial charge >= 0.3 is 0 Å². The van der Waals surface area contributed by atoms with E-state index in [1.54, 1.807) is 32.4 Å². The highest BCUT2D eigenvalue weighted by Crippen LogP contribution is 2.33. The highest BCUT2D eigenvalue weighted by atomic mass is 32.1. The molecule has 1 N–H and O–H groups in total. The van der Waals surface area contributed by atoms with Gasteiger partial charge in [-0.05, 0) is 53.7 Å². The molecule has 1 aliphatic rings. The first kappa shape index (κ1) is 21.4. The van der Waals surface area contributed by atoms with E-state index < -0.39 is 0 Å². The molecule has 32 heavy (non-hydrogen) atoms. The van der Waals surface area contributed by atoms with Crippen molar-refractivity contribution in [1.29, 1.82) is 0 Å². The maximum absolute atomic E-state index is 13.1. The van der Waals surface area contributed by atoms with Crippen LogP contribution in [0.1, 0.15) is 11.1 Å². The predicted molar refractivity (Wildman–Crippen MR) is 128 cm³/mol. The lowest BCUT2D eigenvalue weighted by Crippen LogP contribution is -2.30. The van der Waals surface area contributed by atoms with E-state index in [0.29, 0.717) is 40.4 Å². The van der Waals surface area contributed by atoms with Crippen LogP contribution in [0.5, 0.6) is 17.2 Å². The molecule has 1 heterocycles. The summed E-state index contributed by atoms with van der Waals surface area (Å²) in [6, 6.07) is 22.6. The third-order valence-corrected chi connectivity index (χ3v) is 5.22. The molecule has 0 spiro atoms. The third-order valence-electron chi connectivity index (χ3n) is 4.94. The number of anilines is 1. The molecule has 0 aromatic heterocycles. The van der Waals surface area contributed by atoms with E-state index in [1.807, 2.05) is 60.7 Å². The van der Waals surface area contributed by atoms with Gasteiger partial charge in [0, 0.05) is 0 Å². The molecule has 0 atom stereocenters. The highest BCUT2D eigenvalue weighted by Gasteiger charge is 2.33. The Bertz CT molecular complexity index is 1180. The fourth-order valence-electron chi connectivity index (χ4n) is 3.36. The highest BCUT2D eigenvalue weighted by molar-refractivity contribution is 7.80. The van der Waals surface area contributed by atoms with Gasteiger partial charge in [0.2, 0.25) is 0 Å². The minimum absolute atomic E-state index is 0.261. The largest absolute Gasteiger partial charge is 0.495 e. The van der Waals surface area contributed by atoms with Gasteiger partial charge in [0.1, 0.15) is 18.1 Å². The van der Waals surface area contributed by atoms with Gasteiger partial charge in [-0.3, -0.25) is 4.79 Å². The number of carbonyl (C=O) groups is 1. The molecule has 4 rings (SSSR count). The molecule has 162 valence electrons. The SMILES string of the molecule is COc1cc(/C=C2/NC(=S)N(c3ccccc3OC)C2=O)ccc1OCc1ccccc1. The number of benzene rings is 3. The molecule has 0 radical (unpaired) electrons. The second-order valence-electron chi connectivity index (χ2n) is 6.99. The average Bonchev–Trinajstić information content (AvgIpc) is 3.11. The van der Waals surface area contributed by atoms with Crippen molar-refractivity contribution >= 4 is 35.0 Å². The van der Waals surface area contributed by atoms with E-state index in [0.717, 1.165) is 11.1 Å². The summed E-state index contributed by atoms with van der Waals surface area (Å²) in [5.74, 6) is 1.50. The number of rotatable bonds is 7. The summed E-state index contributed by atoms with van der Waals surface area (Å²) in [7, 11) is 3.14. The van der Waals surface area contributed by atoms with Crippen LogP contribution in [0.2, 0.25) is 0 Å². The number of hydrogen-bond acceptors (Lipinski definition) is 5. The van der Waals surface area contributed by atoms with Crippen molar-refractivity contribution in [3.05, 3.63) is 89.6 Å². The molecule has 1 saturated heterocycles. The van der Waals surface area contributed by atoms with E-state index in [9.17, 15) is 4.79 Å². The molecule has 0 saturated carbocycles. The Labute approximate surface area is 192 Å². The summed E-state index contributed by atoms with van der Waals surface area (Å²) in [6.45, 7) is 0.430. The maximum atomic E-state index is 13.1. The van der Waals surface area contributed by atoms with Crippen molar-refractivity contribution in [3.63, 3.8) is 0 Å². The van der Waals surface area contributed by atoms with E-state index in [2.05, 4.69) is 5.32 Å². The molecule has 0 aliphatic carbocycles. The summed E-state index contributed by atoms with van der Waals surface area (Å²) in [4.78, 5) is 14.5. The van der Waals surface area contributed by atoms with Crippen LogP contribution in [-0.2, 0) is 11.4 Å². The summed E-state index contributed by atoms with van der Waals surface area (Å²) < 4.78 is 16.8. The van der Waals surface area contributed by atoms with E-state index in [-0.39, 0.29) is 5.91 Å². The van der Waals surface area contributed by atoms with E-state index in [1.165, 1.54) is 4.90 Å². The molecular formula is C25H22N2O4S. The van der Waals surface area contributed by atoms with Crippen LogP contribution in [0.4, 0.5) is 5.69 Å². The summed E-state index contributed by atoms with van der Waals surface area (Å²) in [6.07, 6.45) is 1.73. The number of methoxy groups -OCH3 is 2. The minimum atomic E-state index is -0.261. The maximum Gasteiger partial charge on any atom is 0.281 e. The van der Waals surface area contributed by atoms with Gasteiger partial charge in [0.05, 0.1) is 19.9 Å². The van der Waals surface area contributed by atoms with Gasteiger partial charge in [0.15, 0.2) is 16.6 Å². The lowest BCUT2D eigenvalue weighted by Gasteiger charge is -2.17. The van der Waals surface area contributed by atoms with Crippen LogP contribution in [-0.4, -0.2) is 25.2 Å². The topological polar surface area (TPSA) is 60.0 Å². The van der Waals surface area contributed by atoms with Crippen LogP contribution >= 0.6 is 12.2 Å². The number of ether oxygens (including phenoxy) is 3. The molecule has 7 heteroatoms. The molecule has 1 aliphatic heterocycles. The predicted octanol–water partition coefficient (Wildman–Crippen LogP) is 4.55. The zero-order chi connectivity index (χ0) is 22.5. The number of nitrogens with zero attached hydrogens (tertiary/aromatic N) is 1. The Kier molecular flexibility index (Phi) is 6.37. The molecule has 6 nitrogen and oxygen atoms in total. The van der Waals surface area contributed by atoms with Crippen molar-refractivity contribution in [1.82, 2.24) is 5.32 Å². The van der Waals surface area contributed by atoms with Gasteiger partial charge in [-0.15, -0.1) is 0 Å². The van der Waals surface area contributed by atoms with Crippen molar-refractivity contribution in [2.45, 2.75) is 6.61 Å². The first-order valence-corrected chi connectivity index (χ1v) is 10.4. The van der Waals surface area contributed by atoms with Crippen LogP contribution < -0.4 is 24.4 Å². The van der Waals surface area contributed by atoms with Crippen molar-refractivity contribution in [2.24, 2.45) is 0 Å². The van der Waals surface area contributed by atoms with Crippen molar-refractivity contribution in [3.8, 4) is 17.2 Å². The Hall–Kier alpha value is -3.84. The molecule has 1 amide bonds. The first-order chi connectivity index (χ1) is 15.6. The lowest BCUT2D eigenvalue weighted by molar-refractivity contribution is -0.113. The standard InChI is InChI=1S/C25H22N2O4S/c1-29-21-11-7-6-10-20(21)27-24(28)19(26-25(27)32)14-18-12-13-22(23(15-18)30-2)31-16-17-8-4-3-5-9-17/h3-15H,16H2,1-2H3,(H,26,32)/b19-14+. The number of carbonyl (C=O) groups excluding carboxylic acids is 1. The number of nitrogens with one attached hydrogen (secondary N) is 1. The monoisotopic (exact) mass is 446 g/mol. The smallest absolute Gasteiger partial charge is 0.281 e. The van der Waals surface area contributed by atoms with E-state index >= 15 is 0 Å². The number of para-hydroxylation sites is 2. The Morgan fingerprint density at radius 1 is 0.906 bits per heavy atom. The molecule has 3 aromatic carbocycles. The van der Waals surface area contributed by atoms with E-state index in [4.69, 9.17) is 26.4 Å². The average molecular weight is 447 g/mol. The van der Waals surface area contributed by atoms with Crippen molar-refractivity contribution in [2.75, 3.05) is 19.1 Å². The van der Waals surface area contributed by atoms with Gasteiger partial charge < -0.3 is 19.5 Å². The van der Waals surface area contributed by atoms with Gasteiger partial charge in [-0.1, -0.05) is 48.5 Å². The zero-order valence-electron chi connectivity index (χ0n) is 17.7. The molecule has 3 aromatic rings. The van der Waals surface area contributed by atoms with Crippen LogP contribution in [0, 0.1) is 0 Å². The lowest BCUT2D eigenvalue weighted by atomic mass is 10.1. The van der Waals surface area contributed by atoms with Gasteiger partial charge in [-0.2, -0.15) is 0 Å². The van der Waals surface area contributed by atoms with Gasteiger partial charge in [-0.25, -0.2) is 4.90 Å². The summed E-state index contributed by atoms with van der Waals surface area (Å²) >= 11 is 5.40. The molecule has 0 bridgehead atoms. The number of thiocarbonyl (C=S) groups is 1. The third kappa shape index (κ3) is 4.43. The Morgan fingerprint density at radius 2 is 1.62 bits per heavy atom. The van der Waals surface area contributed by atoms with Gasteiger partial charge in [0.25, 0.3) is 5.91 Å². The minimum Gasteiger partial charge on any atom is -0.495 e. The van der Waals surface area contributed by atoms with Crippen LogP contribution in [0.15, 0.2) is 78.5 Å². The Morgan fingerprint density at radius 3 is 2.38 bits per heavy atom. The summed E-state index contributed by atoms with van der Waals surface area (Å²) in [5.41, 5.74) is 2.78. The zero-order valence-corrected chi connectivity index (χ0v) is 18.5. The van der Waals surface area contributed by atoms with Crippen LogP contribution in [0.3, 0.4) is 0 Å². The summed E-state index contributed by atoms with van der Waals surface area (Å²) in [5, 5.41) is 3.28. The molecular weight excluding hydrogens is 424 g/mol. The second kappa shape index (κ2) is 9.53.